The molecule has 0 spiro atoms. The second-order valence-corrected chi connectivity index (χ2v) is 5.48. The van der Waals surface area contributed by atoms with E-state index in [-0.39, 0.29) is 12.2 Å². The van der Waals surface area contributed by atoms with E-state index in [2.05, 4.69) is 12.2 Å². The molecule has 1 atom stereocenters. The molecule has 2 N–H and O–H groups in total. The van der Waals surface area contributed by atoms with E-state index >= 15 is 0 Å². The molecule has 0 fully saturated rings. The van der Waals surface area contributed by atoms with Crippen LogP contribution in [0.5, 0.6) is 0 Å². The Morgan fingerprint density at radius 2 is 2.00 bits per heavy atom. The van der Waals surface area contributed by atoms with E-state index in [9.17, 15) is 9.59 Å². The second kappa shape index (κ2) is 8.57. The van der Waals surface area contributed by atoms with Crippen molar-refractivity contribution < 1.29 is 14.7 Å². The van der Waals surface area contributed by atoms with Crippen LogP contribution in [0.4, 0.5) is 0 Å². The first-order valence-corrected chi connectivity index (χ1v) is 7.52. The van der Waals surface area contributed by atoms with Gasteiger partial charge in [0, 0.05) is 12.0 Å². The minimum atomic E-state index is -0.869. The highest BCUT2D eigenvalue weighted by Gasteiger charge is 2.21. The van der Waals surface area contributed by atoms with Gasteiger partial charge in [-0.1, -0.05) is 31.0 Å². The summed E-state index contributed by atoms with van der Waals surface area (Å²) < 4.78 is 0. The molecular weight excluding hydrogens is 266 g/mol. The largest absolute Gasteiger partial charge is 0.481 e. The van der Waals surface area contributed by atoms with Crippen molar-refractivity contribution in [3.8, 4) is 0 Å². The van der Waals surface area contributed by atoms with E-state index in [1.165, 1.54) is 0 Å². The van der Waals surface area contributed by atoms with Crippen LogP contribution in [0.1, 0.15) is 54.1 Å². The van der Waals surface area contributed by atoms with Crippen LogP contribution in [0.2, 0.25) is 0 Å². The predicted molar refractivity (Wildman–Crippen MR) is 83.8 cm³/mol. The van der Waals surface area contributed by atoms with Crippen molar-refractivity contribution >= 4 is 11.8 Å². The topological polar surface area (TPSA) is 66.4 Å². The van der Waals surface area contributed by atoms with Crippen molar-refractivity contribution in [2.24, 2.45) is 0 Å². The maximum atomic E-state index is 12.7. The number of carboxylic acid groups (broad SMARTS) is 1. The molecule has 0 bridgehead atoms. The SMILES string of the molecule is CCCCNC(CCC(=O)O)C(=O)c1cc(C)ccc1C. The number of aliphatic carboxylic acids is 1. The number of rotatable bonds is 9. The van der Waals surface area contributed by atoms with Gasteiger partial charge < -0.3 is 10.4 Å². The van der Waals surface area contributed by atoms with Gasteiger partial charge in [0.1, 0.15) is 0 Å². The third kappa shape index (κ3) is 5.68. The highest BCUT2D eigenvalue weighted by molar-refractivity contribution is 6.01. The molecular formula is C17H25NO3. The van der Waals surface area contributed by atoms with Crippen molar-refractivity contribution in [1.82, 2.24) is 5.32 Å². The molecule has 0 aromatic heterocycles. The quantitative estimate of drug-likeness (QED) is 0.542. The van der Waals surface area contributed by atoms with Gasteiger partial charge >= 0.3 is 5.97 Å². The zero-order valence-corrected chi connectivity index (χ0v) is 13.1. The molecule has 0 aliphatic heterocycles. The molecule has 0 saturated heterocycles. The number of hydrogen-bond donors (Lipinski definition) is 2. The fraction of sp³-hybridized carbons (Fsp3) is 0.529. The number of benzene rings is 1. The molecule has 0 aliphatic carbocycles. The number of nitrogens with one attached hydrogen (secondary N) is 1. The summed E-state index contributed by atoms with van der Waals surface area (Å²) in [6.45, 7) is 6.68. The molecule has 116 valence electrons. The molecule has 0 amide bonds. The second-order valence-electron chi connectivity index (χ2n) is 5.48. The van der Waals surface area contributed by atoms with Crippen molar-refractivity contribution in [1.29, 1.82) is 0 Å². The average molecular weight is 291 g/mol. The molecule has 1 aromatic rings. The Hall–Kier alpha value is -1.68. The summed E-state index contributed by atoms with van der Waals surface area (Å²) >= 11 is 0. The normalized spacial score (nSPS) is 12.1. The Morgan fingerprint density at radius 1 is 1.29 bits per heavy atom. The van der Waals surface area contributed by atoms with Crippen molar-refractivity contribution in [2.75, 3.05) is 6.54 Å². The lowest BCUT2D eigenvalue weighted by Gasteiger charge is -2.18. The smallest absolute Gasteiger partial charge is 0.303 e. The highest BCUT2D eigenvalue weighted by Crippen LogP contribution is 2.15. The van der Waals surface area contributed by atoms with E-state index in [1.54, 1.807) is 0 Å². The first-order chi connectivity index (χ1) is 9.95. The predicted octanol–water partition coefficient (Wildman–Crippen LogP) is 3.11. The van der Waals surface area contributed by atoms with Gasteiger partial charge in [0.05, 0.1) is 6.04 Å². The van der Waals surface area contributed by atoms with Crippen LogP contribution >= 0.6 is 0 Å². The van der Waals surface area contributed by atoms with Crippen molar-refractivity contribution in [3.63, 3.8) is 0 Å². The Labute approximate surface area is 126 Å². The van der Waals surface area contributed by atoms with Crippen LogP contribution in [-0.2, 0) is 4.79 Å². The number of aryl methyl sites for hydroxylation is 2. The van der Waals surface area contributed by atoms with Gasteiger partial charge in [0.25, 0.3) is 0 Å². The molecule has 4 nitrogen and oxygen atoms in total. The third-order valence-corrected chi connectivity index (χ3v) is 3.54. The van der Waals surface area contributed by atoms with E-state index in [4.69, 9.17) is 5.11 Å². The molecule has 21 heavy (non-hydrogen) atoms. The molecule has 0 saturated carbocycles. The Kier molecular flexibility index (Phi) is 7.09. The summed E-state index contributed by atoms with van der Waals surface area (Å²) in [5, 5.41) is 12.1. The maximum absolute atomic E-state index is 12.7. The minimum absolute atomic E-state index is 0.000392. The first-order valence-electron chi connectivity index (χ1n) is 7.52. The fourth-order valence-corrected chi connectivity index (χ4v) is 2.24. The summed E-state index contributed by atoms with van der Waals surface area (Å²) in [7, 11) is 0. The van der Waals surface area contributed by atoms with Gasteiger partial charge in [-0.25, -0.2) is 0 Å². The van der Waals surface area contributed by atoms with Crippen LogP contribution in [0, 0.1) is 13.8 Å². The standard InChI is InChI=1S/C17H25NO3/c1-4-5-10-18-15(8-9-16(19)20)17(21)14-11-12(2)6-7-13(14)3/h6-7,11,15,18H,4-5,8-10H2,1-3H3,(H,19,20). The van der Waals surface area contributed by atoms with Gasteiger partial charge in [-0.2, -0.15) is 0 Å². The Morgan fingerprint density at radius 3 is 2.62 bits per heavy atom. The zero-order valence-electron chi connectivity index (χ0n) is 13.1. The van der Waals surface area contributed by atoms with Crippen molar-refractivity contribution in [3.05, 3.63) is 34.9 Å². The third-order valence-electron chi connectivity index (χ3n) is 3.54. The summed E-state index contributed by atoms with van der Waals surface area (Å²) in [5.41, 5.74) is 2.66. The fourth-order valence-electron chi connectivity index (χ4n) is 2.24. The Balaban J connectivity index is 2.86. The maximum Gasteiger partial charge on any atom is 0.303 e. The van der Waals surface area contributed by atoms with Gasteiger partial charge in [-0.15, -0.1) is 0 Å². The monoisotopic (exact) mass is 291 g/mol. The van der Waals surface area contributed by atoms with Crippen LogP contribution in [0.25, 0.3) is 0 Å². The molecule has 4 heteroatoms. The molecule has 1 aromatic carbocycles. The average Bonchev–Trinajstić information content (AvgIpc) is 2.44. The van der Waals surface area contributed by atoms with Gasteiger partial charge in [-0.3, -0.25) is 9.59 Å². The van der Waals surface area contributed by atoms with Gasteiger partial charge in [0.2, 0.25) is 0 Å². The molecule has 1 rings (SSSR count). The number of carbonyl (C=O) groups is 2. The van der Waals surface area contributed by atoms with Crippen LogP contribution < -0.4 is 5.32 Å². The van der Waals surface area contributed by atoms with Crippen LogP contribution in [0.15, 0.2) is 18.2 Å². The van der Waals surface area contributed by atoms with E-state index < -0.39 is 12.0 Å². The van der Waals surface area contributed by atoms with E-state index in [0.717, 1.165) is 30.5 Å². The molecule has 0 radical (unpaired) electrons. The van der Waals surface area contributed by atoms with E-state index in [1.807, 2.05) is 32.0 Å². The number of carboxylic acids is 1. The molecule has 0 aliphatic rings. The number of unbranched alkanes of at least 4 members (excludes halogenated alkanes) is 1. The van der Waals surface area contributed by atoms with Gasteiger partial charge in [0.15, 0.2) is 5.78 Å². The molecule has 1 unspecified atom stereocenters. The number of carbonyl (C=O) groups excluding carboxylic acids is 1. The van der Waals surface area contributed by atoms with Crippen LogP contribution in [-0.4, -0.2) is 29.4 Å². The van der Waals surface area contributed by atoms with Crippen LogP contribution in [0.3, 0.4) is 0 Å². The Bertz CT molecular complexity index is 497. The lowest BCUT2D eigenvalue weighted by molar-refractivity contribution is -0.137. The minimum Gasteiger partial charge on any atom is -0.481 e. The number of ketones is 1. The molecule has 0 heterocycles. The lowest BCUT2D eigenvalue weighted by Crippen LogP contribution is -2.38. The highest BCUT2D eigenvalue weighted by atomic mass is 16.4. The number of Topliss-reactive ketones (excluding diaryl/α,β-unsaturated/α-hetero) is 1. The van der Waals surface area contributed by atoms with Gasteiger partial charge in [-0.05, 0) is 44.9 Å². The lowest BCUT2D eigenvalue weighted by atomic mass is 9.95. The summed E-state index contributed by atoms with van der Waals surface area (Å²) in [6.07, 6.45) is 2.34. The summed E-state index contributed by atoms with van der Waals surface area (Å²) in [6, 6.07) is 5.37. The summed E-state index contributed by atoms with van der Waals surface area (Å²) in [5.74, 6) is -0.875. The first kappa shape index (κ1) is 17.4. The number of hydrogen-bond acceptors (Lipinski definition) is 3. The zero-order chi connectivity index (χ0) is 15.8. The van der Waals surface area contributed by atoms with Crippen molar-refractivity contribution in [2.45, 2.75) is 52.5 Å². The van der Waals surface area contributed by atoms with E-state index in [0.29, 0.717) is 12.0 Å². The summed E-state index contributed by atoms with van der Waals surface area (Å²) in [4.78, 5) is 23.4.